The lowest BCUT2D eigenvalue weighted by Gasteiger charge is -2.11. The number of rotatable bonds is 6. The molecule has 0 atom stereocenters. The molecule has 150 valence electrons. The van der Waals surface area contributed by atoms with Gasteiger partial charge in [0.15, 0.2) is 17.2 Å². The Hall–Kier alpha value is -3.38. The first-order valence-corrected chi connectivity index (χ1v) is 10.0. The molecule has 1 aliphatic heterocycles. The van der Waals surface area contributed by atoms with E-state index in [0.717, 1.165) is 21.2 Å². The Kier molecular flexibility index (Phi) is 5.95. The van der Waals surface area contributed by atoms with Crippen LogP contribution in [0.5, 0.6) is 11.5 Å². The number of benzene rings is 3. The first-order valence-electron chi connectivity index (χ1n) is 9.25. The fourth-order valence-corrected chi connectivity index (χ4v) is 3.34. The second-order valence-electron chi connectivity index (χ2n) is 6.53. The number of hydrogen-bond acceptors (Lipinski definition) is 5. The normalized spacial score (nSPS) is 14.4. The number of halogens is 1. The quantitative estimate of drug-likeness (QED) is 0.363. The molecule has 0 saturated heterocycles. The zero-order chi connectivity index (χ0) is 20.9. The van der Waals surface area contributed by atoms with E-state index in [0.29, 0.717) is 18.1 Å². The highest BCUT2D eigenvalue weighted by Gasteiger charge is 2.24. The van der Waals surface area contributed by atoms with Gasteiger partial charge in [-0.05, 0) is 47.5 Å². The average molecular weight is 464 g/mol. The molecule has 0 aliphatic carbocycles. The molecule has 0 aromatic heterocycles. The van der Waals surface area contributed by atoms with E-state index >= 15 is 0 Å². The van der Waals surface area contributed by atoms with Crippen LogP contribution in [0, 0.1) is 0 Å². The van der Waals surface area contributed by atoms with Crippen molar-refractivity contribution in [2.75, 3.05) is 7.11 Å². The van der Waals surface area contributed by atoms with Gasteiger partial charge in [-0.25, -0.2) is 9.79 Å². The molecule has 3 aromatic carbocycles. The van der Waals surface area contributed by atoms with Crippen LogP contribution in [0.2, 0.25) is 0 Å². The van der Waals surface area contributed by atoms with Crippen LogP contribution >= 0.6 is 15.9 Å². The van der Waals surface area contributed by atoms with Gasteiger partial charge in [0.2, 0.25) is 5.90 Å². The molecule has 4 rings (SSSR count). The third-order valence-corrected chi connectivity index (χ3v) is 4.91. The summed E-state index contributed by atoms with van der Waals surface area (Å²) >= 11 is 3.41. The van der Waals surface area contributed by atoms with Crippen molar-refractivity contribution in [3.8, 4) is 11.5 Å². The molecule has 0 amide bonds. The van der Waals surface area contributed by atoms with Crippen LogP contribution in [0.25, 0.3) is 6.08 Å². The van der Waals surface area contributed by atoms with Gasteiger partial charge in [0.1, 0.15) is 6.61 Å². The minimum atomic E-state index is -0.493. The molecular formula is C24H18BrNO4. The van der Waals surface area contributed by atoms with E-state index < -0.39 is 5.97 Å². The van der Waals surface area contributed by atoms with E-state index in [1.54, 1.807) is 19.3 Å². The Morgan fingerprint density at radius 1 is 1.00 bits per heavy atom. The van der Waals surface area contributed by atoms with Crippen LogP contribution in [0.3, 0.4) is 0 Å². The molecule has 0 fully saturated rings. The number of hydrogen-bond donors (Lipinski definition) is 0. The van der Waals surface area contributed by atoms with Gasteiger partial charge in [-0.15, -0.1) is 0 Å². The highest BCUT2D eigenvalue weighted by molar-refractivity contribution is 9.10. The van der Waals surface area contributed by atoms with Crippen LogP contribution in [-0.2, 0) is 16.1 Å². The molecule has 6 heteroatoms. The Labute approximate surface area is 182 Å². The molecule has 1 aliphatic rings. The van der Waals surface area contributed by atoms with Crippen molar-refractivity contribution >= 4 is 33.9 Å². The van der Waals surface area contributed by atoms with Crippen molar-refractivity contribution in [3.63, 3.8) is 0 Å². The summed E-state index contributed by atoms with van der Waals surface area (Å²) in [6.07, 6.45) is 1.67. The highest BCUT2D eigenvalue weighted by atomic mass is 79.9. The maximum atomic E-state index is 12.3. The van der Waals surface area contributed by atoms with Gasteiger partial charge < -0.3 is 14.2 Å². The molecule has 0 saturated carbocycles. The summed E-state index contributed by atoms with van der Waals surface area (Å²) in [4.78, 5) is 16.6. The zero-order valence-electron chi connectivity index (χ0n) is 16.2. The number of cyclic esters (lactones) is 1. The molecular weight excluding hydrogens is 446 g/mol. The fourth-order valence-electron chi connectivity index (χ4n) is 2.94. The monoisotopic (exact) mass is 463 g/mol. The van der Waals surface area contributed by atoms with Gasteiger partial charge >= 0.3 is 5.97 Å². The van der Waals surface area contributed by atoms with Crippen LogP contribution in [0.4, 0.5) is 0 Å². The van der Waals surface area contributed by atoms with Crippen LogP contribution in [0.15, 0.2) is 88.0 Å². The maximum absolute atomic E-state index is 12.3. The average Bonchev–Trinajstić information content (AvgIpc) is 3.13. The maximum Gasteiger partial charge on any atom is 0.363 e. The second-order valence-corrected chi connectivity index (χ2v) is 7.45. The van der Waals surface area contributed by atoms with E-state index in [1.807, 2.05) is 66.7 Å². The second kappa shape index (κ2) is 8.97. The Bertz CT molecular complexity index is 1140. The third kappa shape index (κ3) is 4.60. The van der Waals surface area contributed by atoms with Crippen molar-refractivity contribution in [3.05, 3.63) is 99.7 Å². The van der Waals surface area contributed by atoms with Crippen molar-refractivity contribution in [1.29, 1.82) is 0 Å². The Balaban J connectivity index is 1.59. The fraction of sp³-hybridized carbons (Fsp3) is 0.0833. The number of aliphatic imine (C=N–C) groups is 1. The van der Waals surface area contributed by atoms with Gasteiger partial charge in [-0.1, -0.05) is 58.4 Å². The van der Waals surface area contributed by atoms with E-state index in [1.165, 1.54) is 0 Å². The minimum Gasteiger partial charge on any atom is -0.493 e. The lowest BCUT2D eigenvalue weighted by atomic mass is 10.1. The summed E-state index contributed by atoms with van der Waals surface area (Å²) in [5.74, 6) is 0.979. The number of nitrogens with zero attached hydrogens (tertiary/aromatic N) is 1. The molecule has 30 heavy (non-hydrogen) atoms. The minimum absolute atomic E-state index is 0.226. The summed E-state index contributed by atoms with van der Waals surface area (Å²) in [7, 11) is 1.59. The summed E-state index contributed by atoms with van der Waals surface area (Å²) in [6, 6.07) is 22.7. The molecule has 3 aromatic rings. The van der Waals surface area contributed by atoms with Gasteiger partial charge in [0.05, 0.1) is 7.11 Å². The van der Waals surface area contributed by atoms with Crippen molar-refractivity contribution in [2.45, 2.75) is 6.61 Å². The van der Waals surface area contributed by atoms with Crippen molar-refractivity contribution < 1.29 is 19.0 Å². The van der Waals surface area contributed by atoms with E-state index in [9.17, 15) is 4.79 Å². The van der Waals surface area contributed by atoms with E-state index in [2.05, 4.69) is 20.9 Å². The topological polar surface area (TPSA) is 57.1 Å². The Morgan fingerprint density at radius 2 is 1.83 bits per heavy atom. The van der Waals surface area contributed by atoms with Gasteiger partial charge in [0.25, 0.3) is 0 Å². The number of ether oxygens (including phenoxy) is 3. The summed E-state index contributed by atoms with van der Waals surface area (Å²) in [5, 5.41) is 0. The lowest BCUT2D eigenvalue weighted by molar-refractivity contribution is -0.129. The Morgan fingerprint density at radius 3 is 2.60 bits per heavy atom. The predicted octanol–water partition coefficient (Wildman–Crippen LogP) is 5.38. The lowest BCUT2D eigenvalue weighted by Crippen LogP contribution is -2.05. The first-order chi connectivity index (χ1) is 14.6. The van der Waals surface area contributed by atoms with Gasteiger partial charge in [-0.3, -0.25) is 0 Å². The molecule has 0 radical (unpaired) electrons. The van der Waals surface area contributed by atoms with Crippen LogP contribution < -0.4 is 9.47 Å². The molecule has 0 bridgehead atoms. The largest absolute Gasteiger partial charge is 0.493 e. The molecule has 1 heterocycles. The number of esters is 1. The third-order valence-electron chi connectivity index (χ3n) is 4.42. The summed E-state index contributed by atoms with van der Waals surface area (Å²) < 4.78 is 17.5. The van der Waals surface area contributed by atoms with Crippen LogP contribution in [0.1, 0.15) is 16.7 Å². The highest BCUT2D eigenvalue weighted by Crippen LogP contribution is 2.30. The SMILES string of the molecule is COc1ccc(C=C2N=C(c3cccc(Br)c3)OC2=O)cc1OCc1ccccc1. The van der Waals surface area contributed by atoms with Crippen molar-refractivity contribution in [2.24, 2.45) is 4.99 Å². The van der Waals surface area contributed by atoms with E-state index in [-0.39, 0.29) is 11.6 Å². The zero-order valence-corrected chi connectivity index (χ0v) is 17.8. The number of carbonyl (C=O) groups is 1. The number of carbonyl (C=O) groups excluding carboxylic acids is 1. The molecule has 0 N–H and O–H groups in total. The smallest absolute Gasteiger partial charge is 0.363 e. The summed E-state index contributed by atoms with van der Waals surface area (Å²) in [6.45, 7) is 0.407. The molecule has 0 spiro atoms. The van der Waals surface area contributed by atoms with E-state index in [4.69, 9.17) is 14.2 Å². The van der Waals surface area contributed by atoms with Gasteiger partial charge in [-0.2, -0.15) is 0 Å². The van der Waals surface area contributed by atoms with Crippen molar-refractivity contribution in [1.82, 2.24) is 0 Å². The summed E-state index contributed by atoms with van der Waals surface area (Å²) in [5.41, 5.74) is 2.75. The predicted molar refractivity (Wildman–Crippen MR) is 119 cm³/mol. The van der Waals surface area contributed by atoms with Gasteiger partial charge in [0, 0.05) is 10.0 Å². The number of methoxy groups -OCH3 is 1. The first kappa shape index (κ1) is 19.9. The standard InChI is InChI=1S/C24H18BrNO4/c1-28-21-11-10-17(13-22(21)29-15-16-6-3-2-4-7-16)12-20-24(27)30-23(26-20)18-8-5-9-19(25)14-18/h2-14H,15H2,1H3. The molecule has 0 unspecified atom stereocenters. The van der Waals surface area contributed by atoms with Crippen LogP contribution in [-0.4, -0.2) is 19.0 Å². The molecule has 5 nitrogen and oxygen atoms in total.